The van der Waals surface area contributed by atoms with Crippen LogP contribution in [0, 0.1) is 18.6 Å². The maximum atomic E-state index is 5.54. The van der Waals surface area contributed by atoms with Crippen LogP contribution in [-0.2, 0) is 13.0 Å². The van der Waals surface area contributed by atoms with Crippen molar-refractivity contribution < 1.29 is 0 Å². The lowest BCUT2D eigenvalue weighted by molar-refractivity contribution is 0.534. The van der Waals surface area contributed by atoms with Gasteiger partial charge in [0.25, 0.3) is 0 Å². The molecule has 6 heteroatoms. The number of H-pyrrole nitrogens is 1. The average Bonchev–Trinajstić information content (AvgIpc) is 3.06. The van der Waals surface area contributed by atoms with E-state index in [-0.39, 0.29) is 0 Å². The largest absolute Gasteiger partial charge is 0.328 e. The summed E-state index contributed by atoms with van der Waals surface area (Å²) in [5.41, 5.74) is 3.19. The first-order chi connectivity index (χ1) is 10.0. The summed E-state index contributed by atoms with van der Waals surface area (Å²) >= 11 is 7.40. The van der Waals surface area contributed by atoms with Gasteiger partial charge in [0.2, 0.25) is 0 Å². The van der Waals surface area contributed by atoms with E-state index in [0.717, 1.165) is 34.6 Å². The number of aromatic nitrogens is 4. The number of aromatic amines is 1. The fraction of sp³-hybridized carbons (Fsp3) is 0.467. The molecule has 4 nitrogen and oxygen atoms in total. The Kier molecular flexibility index (Phi) is 3.75. The molecule has 0 aromatic carbocycles. The van der Waals surface area contributed by atoms with Crippen LogP contribution in [-0.4, -0.2) is 19.3 Å². The molecule has 0 aliphatic rings. The van der Waals surface area contributed by atoms with E-state index in [1.165, 1.54) is 9.75 Å². The van der Waals surface area contributed by atoms with Crippen LogP contribution in [0.15, 0.2) is 12.1 Å². The van der Waals surface area contributed by atoms with Crippen LogP contribution in [0.3, 0.4) is 0 Å². The number of rotatable bonds is 4. The van der Waals surface area contributed by atoms with Gasteiger partial charge >= 0.3 is 0 Å². The zero-order valence-electron chi connectivity index (χ0n) is 12.8. The number of hydrogen-bond donors (Lipinski definition) is 1. The van der Waals surface area contributed by atoms with Crippen LogP contribution in [0.5, 0.6) is 0 Å². The van der Waals surface area contributed by atoms with Crippen LogP contribution < -0.4 is 0 Å². The van der Waals surface area contributed by atoms with E-state index in [2.05, 4.69) is 47.6 Å². The molecule has 112 valence electrons. The Bertz CT molecular complexity index is 834. The normalized spacial score (nSPS) is 13.1. The second-order valence-corrected chi connectivity index (χ2v) is 7.22. The number of thiophene rings is 1. The molecule has 0 amide bonds. The van der Waals surface area contributed by atoms with Gasteiger partial charge in [0, 0.05) is 28.8 Å². The monoisotopic (exact) mass is 320 g/mol. The Morgan fingerprint density at radius 3 is 2.76 bits per heavy atom. The zero-order valence-corrected chi connectivity index (χ0v) is 14.4. The van der Waals surface area contributed by atoms with E-state index in [1.807, 2.05) is 22.9 Å². The lowest BCUT2D eigenvalue weighted by atomic mass is 10.2. The number of imidazole rings is 1. The minimum absolute atomic E-state index is 0.311. The van der Waals surface area contributed by atoms with Crippen LogP contribution in [0.1, 0.15) is 35.3 Å². The number of fused-ring (bicyclic) bond motifs is 1. The van der Waals surface area contributed by atoms with Gasteiger partial charge in [0.1, 0.15) is 5.52 Å². The highest BCUT2D eigenvalue weighted by molar-refractivity contribution is 7.71. The van der Waals surface area contributed by atoms with Crippen molar-refractivity contribution in [2.75, 3.05) is 0 Å². The molecule has 0 radical (unpaired) electrons. The van der Waals surface area contributed by atoms with Crippen molar-refractivity contribution >= 4 is 34.7 Å². The van der Waals surface area contributed by atoms with Crippen molar-refractivity contribution in [3.05, 3.63) is 32.4 Å². The molecule has 3 heterocycles. The molecule has 1 atom stereocenters. The highest BCUT2D eigenvalue weighted by atomic mass is 32.1. The van der Waals surface area contributed by atoms with Gasteiger partial charge in [0.05, 0.1) is 5.69 Å². The topological polar surface area (TPSA) is 38.5 Å². The van der Waals surface area contributed by atoms with E-state index in [1.54, 1.807) is 0 Å². The smallest absolute Gasteiger partial charge is 0.179 e. The van der Waals surface area contributed by atoms with Gasteiger partial charge in [-0.1, -0.05) is 0 Å². The van der Waals surface area contributed by atoms with Crippen LogP contribution >= 0.6 is 23.6 Å². The van der Waals surface area contributed by atoms with Gasteiger partial charge in [-0.25, -0.2) is 4.68 Å². The maximum Gasteiger partial charge on any atom is 0.179 e. The van der Waals surface area contributed by atoms with Gasteiger partial charge in [-0.3, -0.25) is 4.57 Å². The Morgan fingerprint density at radius 1 is 1.38 bits per heavy atom. The number of nitrogens with zero attached hydrogens (tertiary/aromatic N) is 3. The molecule has 3 aromatic heterocycles. The predicted octanol–water partition coefficient (Wildman–Crippen LogP) is 4.40. The third kappa shape index (κ3) is 2.46. The van der Waals surface area contributed by atoms with E-state index in [9.17, 15) is 0 Å². The molecule has 1 unspecified atom stereocenters. The SMILES string of the molecule is CCn1nc(C)c2[nH]c(=S)n(C(C)Cc3ccc(C)s3)c21. The van der Waals surface area contributed by atoms with Crippen LogP contribution in [0.25, 0.3) is 11.2 Å². The molecular weight excluding hydrogens is 300 g/mol. The molecule has 3 rings (SSSR count). The second kappa shape index (κ2) is 5.42. The lowest BCUT2D eigenvalue weighted by Gasteiger charge is -2.14. The highest BCUT2D eigenvalue weighted by Gasteiger charge is 2.18. The summed E-state index contributed by atoms with van der Waals surface area (Å²) in [6.45, 7) is 9.35. The number of nitrogens with one attached hydrogen (secondary N) is 1. The molecular formula is C15H20N4S2. The van der Waals surface area contributed by atoms with Crippen LogP contribution in [0.4, 0.5) is 0 Å². The third-order valence-electron chi connectivity index (χ3n) is 3.81. The first kappa shape index (κ1) is 14.5. The fourth-order valence-electron chi connectivity index (χ4n) is 2.83. The van der Waals surface area contributed by atoms with Gasteiger partial charge < -0.3 is 4.98 Å². The summed E-state index contributed by atoms with van der Waals surface area (Å²) in [4.78, 5) is 6.07. The van der Waals surface area contributed by atoms with Gasteiger partial charge in [-0.15, -0.1) is 11.3 Å². The molecule has 0 aliphatic heterocycles. The molecule has 0 fully saturated rings. The lowest BCUT2D eigenvalue weighted by Crippen LogP contribution is -2.11. The quantitative estimate of drug-likeness (QED) is 0.724. The molecule has 3 aromatic rings. The summed E-state index contributed by atoms with van der Waals surface area (Å²) in [5.74, 6) is 0. The van der Waals surface area contributed by atoms with E-state index in [0.29, 0.717) is 6.04 Å². The molecule has 1 N–H and O–H groups in total. The molecule has 0 aliphatic carbocycles. The van der Waals surface area contributed by atoms with E-state index >= 15 is 0 Å². The Hall–Kier alpha value is -1.40. The van der Waals surface area contributed by atoms with Crippen molar-refractivity contribution in [2.45, 2.75) is 46.7 Å². The van der Waals surface area contributed by atoms with E-state index in [4.69, 9.17) is 12.2 Å². The van der Waals surface area contributed by atoms with Crippen LogP contribution in [0.2, 0.25) is 0 Å². The molecule has 0 saturated heterocycles. The highest BCUT2D eigenvalue weighted by Crippen LogP contribution is 2.26. The summed E-state index contributed by atoms with van der Waals surface area (Å²) in [5, 5.41) is 4.58. The van der Waals surface area contributed by atoms with Crippen molar-refractivity contribution in [3.63, 3.8) is 0 Å². The van der Waals surface area contributed by atoms with Crippen molar-refractivity contribution in [1.82, 2.24) is 19.3 Å². The molecule has 0 saturated carbocycles. The van der Waals surface area contributed by atoms with E-state index < -0.39 is 0 Å². The Balaban J connectivity index is 2.06. The number of aryl methyl sites for hydroxylation is 3. The molecule has 21 heavy (non-hydrogen) atoms. The third-order valence-corrected chi connectivity index (χ3v) is 5.13. The second-order valence-electron chi connectivity index (χ2n) is 5.47. The van der Waals surface area contributed by atoms with Crippen molar-refractivity contribution in [3.8, 4) is 0 Å². The molecule has 0 bridgehead atoms. The molecule has 0 spiro atoms. The Morgan fingerprint density at radius 2 is 2.14 bits per heavy atom. The standard InChI is InChI=1S/C15H20N4S2/c1-5-18-14-13(11(4)17-18)16-15(20)19(14)9(2)8-12-7-6-10(3)21-12/h6-7,9H,5,8H2,1-4H3,(H,16,20). The maximum absolute atomic E-state index is 5.54. The number of hydrogen-bond acceptors (Lipinski definition) is 3. The summed E-state index contributed by atoms with van der Waals surface area (Å²) in [7, 11) is 0. The summed E-state index contributed by atoms with van der Waals surface area (Å²) in [6, 6.07) is 4.71. The van der Waals surface area contributed by atoms with Crippen molar-refractivity contribution in [2.24, 2.45) is 0 Å². The Labute approximate surface area is 133 Å². The summed E-state index contributed by atoms with van der Waals surface area (Å²) < 4.78 is 5.03. The summed E-state index contributed by atoms with van der Waals surface area (Å²) in [6.07, 6.45) is 0.994. The van der Waals surface area contributed by atoms with Gasteiger partial charge in [0.15, 0.2) is 10.4 Å². The van der Waals surface area contributed by atoms with Crippen molar-refractivity contribution in [1.29, 1.82) is 0 Å². The first-order valence-electron chi connectivity index (χ1n) is 7.24. The minimum atomic E-state index is 0.311. The fourth-order valence-corrected chi connectivity index (χ4v) is 4.21. The first-order valence-corrected chi connectivity index (χ1v) is 8.46. The van der Waals surface area contributed by atoms with Gasteiger partial charge in [-0.2, -0.15) is 5.10 Å². The predicted molar refractivity (Wildman–Crippen MR) is 90.8 cm³/mol. The van der Waals surface area contributed by atoms with Gasteiger partial charge in [-0.05, 0) is 52.0 Å². The minimum Gasteiger partial charge on any atom is -0.328 e. The zero-order chi connectivity index (χ0) is 15.1. The average molecular weight is 320 g/mol.